The van der Waals surface area contributed by atoms with E-state index in [1.165, 1.54) is 24.4 Å². The largest absolute Gasteiger partial charge is 0.439 e. The average Bonchev–Trinajstić information content (AvgIpc) is 3.59. The molecule has 10 nitrogen and oxygen atoms in total. The molecule has 1 saturated carbocycles. The molecule has 0 spiro atoms. The molecule has 1 aliphatic carbocycles. The van der Waals surface area contributed by atoms with Gasteiger partial charge in [0, 0.05) is 30.9 Å². The molecule has 4 aromatic heterocycles. The Labute approximate surface area is 202 Å². The number of aromatic nitrogens is 6. The summed E-state index contributed by atoms with van der Waals surface area (Å²) in [5.74, 6) is 0.0465. The van der Waals surface area contributed by atoms with Gasteiger partial charge in [-0.2, -0.15) is 13.2 Å². The van der Waals surface area contributed by atoms with E-state index in [1.807, 2.05) is 4.57 Å². The van der Waals surface area contributed by atoms with Gasteiger partial charge in [-0.05, 0) is 42.7 Å². The van der Waals surface area contributed by atoms with E-state index in [1.54, 1.807) is 24.5 Å². The molecule has 0 saturated heterocycles. The third-order valence-corrected chi connectivity index (χ3v) is 5.31. The first-order valence-corrected chi connectivity index (χ1v) is 10.9. The van der Waals surface area contributed by atoms with E-state index in [-0.39, 0.29) is 35.2 Å². The number of amides is 1. The molecule has 1 aliphatic rings. The maximum Gasteiger partial charge on any atom is 0.433 e. The molecular weight excluding hydrogens is 477 g/mol. The highest BCUT2D eigenvalue weighted by Gasteiger charge is 2.33. The summed E-state index contributed by atoms with van der Waals surface area (Å²) in [7, 11) is 0. The van der Waals surface area contributed by atoms with Crippen molar-refractivity contribution < 1.29 is 22.7 Å². The molecule has 4 heterocycles. The number of rotatable bonds is 7. The minimum atomic E-state index is -4.67. The van der Waals surface area contributed by atoms with Crippen molar-refractivity contribution in [2.75, 3.05) is 5.32 Å². The molecule has 0 aliphatic heterocycles. The number of hydrogen-bond acceptors (Lipinski definition) is 8. The minimum Gasteiger partial charge on any atom is -0.439 e. The first kappa shape index (κ1) is 23.4. The molecule has 184 valence electrons. The maximum atomic E-state index is 13.1. The van der Waals surface area contributed by atoms with Crippen molar-refractivity contribution in [3.05, 3.63) is 71.9 Å². The van der Waals surface area contributed by atoms with Gasteiger partial charge in [-0.3, -0.25) is 9.78 Å². The number of anilines is 1. The molecule has 36 heavy (non-hydrogen) atoms. The van der Waals surface area contributed by atoms with Gasteiger partial charge in [-0.1, -0.05) is 6.07 Å². The molecule has 0 radical (unpaired) electrons. The Morgan fingerprint density at radius 1 is 1.17 bits per heavy atom. The molecular formula is C23H19F3N8O2. The normalized spacial score (nSPS) is 13.4. The Morgan fingerprint density at radius 3 is 2.75 bits per heavy atom. The third-order valence-electron chi connectivity index (χ3n) is 5.31. The SMILES string of the molecule is NCc1cc(Oc2ccnc(C(=O)Nc3cccc(-c4nncn4C4CC4)n3)c2)nc(C(F)(F)F)c1. The van der Waals surface area contributed by atoms with Crippen molar-refractivity contribution in [1.29, 1.82) is 0 Å². The topological polar surface area (TPSA) is 134 Å². The monoisotopic (exact) mass is 496 g/mol. The Bertz CT molecular complexity index is 1420. The van der Waals surface area contributed by atoms with E-state index < -0.39 is 17.8 Å². The summed E-state index contributed by atoms with van der Waals surface area (Å²) in [5.41, 5.74) is 5.08. The van der Waals surface area contributed by atoms with E-state index in [2.05, 4.69) is 30.5 Å². The van der Waals surface area contributed by atoms with Crippen molar-refractivity contribution in [2.45, 2.75) is 31.6 Å². The number of hydrogen-bond donors (Lipinski definition) is 2. The van der Waals surface area contributed by atoms with Crippen LogP contribution in [0.1, 0.15) is 40.6 Å². The number of nitrogens with zero attached hydrogens (tertiary/aromatic N) is 6. The summed E-state index contributed by atoms with van der Waals surface area (Å²) in [6.45, 7) is -0.130. The van der Waals surface area contributed by atoms with Crippen LogP contribution < -0.4 is 15.8 Å². The number of carbonyl (C=O) groups excluding carboxylic acids is 1. The predicted molar refractivity (Wildman–Crippen MR) is 121 cm³/mol. The lowest BCUT2D eigenvalue weighted by Crippen LogP contribution is -2.15. The van der Waals surface area contributed by atoms with Crippen LogP contribution in [-0.2, 0) is 12.7 Å². The van der Waals surface area contributed by atoms with Gasteiger partial charge in [0.25, 0.3) is 5.91 Å². The van der Waals surface area contributed by atoms with Crippen LogP contribution in [0.4, 0.5) is 19.0 Å². The van der Waals surface area contributed by atoms with Crippen molar-refractivity contribution in [1.82, 2.24) is 29.7 Å². The van der Waals surface area contributed by atoms with E-state index in [0.29, 0.717) is 17.6 Å². The lowest BCUT2D eigenvalue weighted by Gasteiger charge is -2.12. The van der Waals surface area contributed by atoms with Gasteiger partial charge < -0.3 is 20.4 Å². The number of halogens is 3. The number of nitrogens with two attached hydrogens (primary N) is 1. The molecule has 0 aromatic carbocycles. The Balaban J connectivity index is 1.33. The van der Waals surface area contributed by atoms with E-state index >= 15 is 0 Å². The lowest BCUT2D eigenvalue weighted by molar-refractivity contribution is -0.141. The highest BCUT2D eigenvalue weighted by molar-refractivity contribution is 6.02. The molecule has 3 N–H and O–H groups in total. The van der Waals surface area contributed by atoms with Gasteiger partial charge in [-0.15, -0.1) is 10.2 Å². The van der Waals surface area contributed by atoms with Gasteiger partial charge in [0.2, 0.25) is 5.88 Å². The second-order valence-corrected chi connectivity index (χ2v) is 8.03. The number of carbonyl (C=O) groups is 1. The Hall–Kier alpha value is -4.39. The quantitative estimate of drug-likeness (QED) is 0.392. The number of ether oxygens (including phenoxy) is 1. The highest BCUT2D eigenvalue weighted by Crippen LogP contribution is 2.37. The van der Waals surface area contributed by atoms with Gasteiger partial charge >= 0.3 is 6.18 Å². The Morgan fingerprint density at radius 2 is 2.00 bits per heavy atom. The average molecular weight is 496 g/mol. The molecule has 0 bridgehead atoms. The number of pyridine rings is 3. The van der Waals surface area contributed by atoms with Gasteiger partial charge in [0.15, 0.2) is 5.82 Å². The van der Waals surface area contributed by atoms with E-state index in [0.717, 1.165) is 18.9 Å². The van der Waals surface area contributed by atoms with Crippen LogP contribution >= 0.6 is 0 Å². The minimum absolute atomic E-state index is 0.0353. The van der Waals surface area contributed by atoms with Crippen LogP contribution in [0.5, 0.6) is 11.6 Å². The van der Waals surface area contributed by atoms with E-state index in [4.69, 9.17) is 10.5 Å². The standard InChI is InChI=1S/C23H19F3N8O2/c24-23(25,26)18-8-13(11-27)9-20(31-18)36-15-6-7-28-17(10-15)22(35)32-19-3-1-2-16(30-19)21-33-29-12-34(21)14-4-5-14/h1-3,6-10,12,14H,4-5,11,27H2,(H,30,32,35). The van der Waals surface area contributed by atoms with Gasteiger partial charge in [-0.25, -0.2) is 9.97 Å². The summed E-state index contributed by atoms with van der Waals surface area (Å²) in [6.07, 6.45) is 0.388. The summed E-state index contributed by atoms with van der Waals surface area (Å²) >= 11 is 0. The number of nitrogens with one attached hydrogen (secondary N) is 1. The van der Waals surface area contributed by atoms with Crippen LogP contribution in [0.15, 0.2) is 55.0 Å². The second kappa shape index (κ2) is 9.34. The van der Waals surface area contributed by atoms with Crippen molar-refractivity contribution in [3.63, 3.8) is 0 Å². The summed E-state index contributed by atoms with van der Waals surface area (Å²) < 4.78 is 46.9. The predicted octanol–water partition coefficient (Wildman–Crippen LogP) is 3.99. The summed E-state index contributed by atoms with van der Waals surface area (Å²) in [6, 6.07) is 10.3. The van der Waals surface area contributed by atoms with Gasteiger partial charge in [0.05, 0.1) is 0 Å². The van der Waals surface area contributed by atoms with Gasteiger partial charge in [0.1, 0.15) is 35.0 Å². The zero-order valence-electron chi connectivity index (χ0n) is 18.6. The summed E-state index contributed by atoms with van der Waals surface area (Å²) in [4.78, 5) is 24.8. The first-order chi connectivity index (χ1) is 17.3. The highest BCUT2D eigenvalue weighted by atomic mass is 19.4. The lowest BCUT2D eigenvalue weighted by atomic mass is 10.2. The van der Waals surface area contributed by atoms with Crippen LogP contribution in [0, 0.1) is 0 Å². The fourth-order valence-electron chi connectivity index (χ4n) is 3.45. The first-order valence-electron chi connectivity index (χ1n) is 10.9. The smallest absolute Gasteiger partial charge is 0.433 e. The molecule has 0 unspecified atom stereocenters. The van der Waals surface area contributed by atoms with Crippen LogP contribution in [0.25, 0.3) is 11.5 Å². The fraction of sp³-hybridized carbons (Fsp3) is 0.217. The molecule has 1 fully saturated rings. The van der Waals surface area contributed by atoms with E-state index in [9.17, 15) is 18.0 Å². The third kappa shape index (κ3) is 5.15. The number of alkyl halides is 3. The zero-order valence-corrected chi connectivity index (χ0v) is 18.6. The molecule has 1 amide bonds. The molecule has 4 aromatic rings. The fourth-order valence-corrected chi connectivity index (χ4v) is 3.45. The van der Waals surface area contributed by atoms with Crippen molar-refractivity contribution in [3.8, 4) is 23.1 Å². The Kier molecular flexibility index (Phi) is 6.06. The molecule has 5 rings (SSSR count). The van der Waals surface area contributed by atoms with Crippen LogP contribution in [-0.4, -0.2) is 35.6 Å². The zero-order chi connectivity index (χ0) is 25.3. The van der Waals surface area contributed by atoms with Crippen molar-refractivity contribution in [2.24, 2.45) is 5.73 Å². The molecule has 0 atom stereocenters. The summed E-state index contributed by atoms with van der Waals surface area (Å²) in [5, 5.41) is 10.8. The molecule has 13 heteroatoms. The maximum absolute atomic E-state index is 13.1. The van der Waals surface area contributed by atoms with Crippen LogP contribution in [0.3, 0.4) is 0 Å². The van der Waals surface area contributed by atoms with Crippen LogP contribution in [0.2, 0.25) is 0 Å². The van der Waals surface area contributed by atoms with Crippen molar-refractivity contribution >= 4 is 11.7 Å². The second-order valence-electron chi connectivity index (χ2n) is 8.03.